The number of aryl methyl sites for hydroxylation is 2. The van der Waals surface area contributed by atoms with Gasteiger partial charge in [-0.2, -0.15) is 5.26 Å². The van der Waals surface area contributed by atoms with Crippen LogP contribution in [0.15, 0.2) is 117 Å². The van der Waals surface area contributed by atoms with Crippen LogP contribution in [0.2, 0.25) is 0 Å². The highest BCUT2D eigenvalue weighted by Crippen LogP contribution is 2.65. The van der Waals surface area contributed by atoms with Gasteiger partial charge in [0.1, 0.15) is 36.0 Å². The number of nitriles is 1. The van der Waals surface area contributed by atoms with Gasteiger partial charge in [0.15, 0.2) is 0 Å². The highest BCUT2D eigenvalue weighted by Gasteiger charge is 2.47. The molecule has 65 heavy (non-hydrogen) atoms. The molecule has 7 rings (SSSR count). The summed E-state index contributed by atoms with van der Waals surface area (Å²) in [6.07, 6.45) is -2.28. The van der Waals surface area contributed by atoms with E-state index in [9.17, 15) is 29.2 Å². The molecule has 7 atom stereocenters. The van der Waals surface area contributed by atoms with Crippen molar-refractivity contribution in [3.8, 4) is 11.8 Å². The minimum absolute atomic E-state index is 0.00456. The highest BCUT2D eigenvalue weighted by molar-refractivity contribution is 8.55. The summed E-state index contributed by atoms with van der Waals surface area (Å²) in [7, 11) is 1.58. The summed E-state index contributed by atoms with van der Waals surface area (Å²) in [6.45, 7) is -0.927. The zero-order chi connectivity index (χ0) is 46.3. The number of methoxy groups -OCH3 is 1. The molecule has 2 saturated heterocycles. The van der Waals surface area contributed by atoms with E-state index in [-0.39, 0.29) is 43.6 Å². The van der Waals surface area contributed by atoms with Crippen molar-refractivity contribution in [2.75, 3.05) is 26.9 Å². The van der Waals surface area contributed by atoms with E-state index in [1.54, 1.807) is 14.0 Å². The predicted octanol–water partition coefficient (Wildman–Crippen LogP) is 5.38. The van der Waals surface area contributed by atoms with E-state index >= 15 is 4.57 Å². The molecule has 1 unspecified atom stereocenters. The van der Waals surface area contributed by atoms with Crippen molar-refractivity contribution in [2.24, 2.45) is 0 Å². The molecule has 2 fully saturated rings. The number of nitrogens with one attached hydrogen (secondary N) is 2. The molecule has 3 aromatic carbocycles. The van der Waals surface area contributed by atoms with Crippen LogP contribution in [-0.2, 0) is 43.0 Å². The van der Waals surface area contributed by atoms with Gasteiger partial charge in [-0.05, 0) is 54.1 Å². The molecule has 0 spiro atoms. The van der Waals surface area contributed by atoms with E-state index in [4.69, 9.17) is 32.7 Å². The van der Waals surface area contributed by atoms with E-state index in [0.29, 0.717) is 5.75 Å². The Morgan fingerprint density at radius 3 is 1.88 bits per heavy atom. The van der Waals surface area contributed by atoms with Crippen LogP contribution in [0.1, 0.15) is 66.5 Å². The fourth-order valence-corrected chi connectivity index (χ4v) is 12.0. The summed E-state index contributed by atoms with van der Waals surface area (Å²) < 4.78 is 60.4. The van der Waals surface area contributed by atoms with Crippen molar-refractivity contribution in [1.29, 1.82) is 5.26 Å². The molecule has 5 aromatic rings. The number of benzene rings is 3. The van der Waals surface area contributed by atoms with E-state index in [0.717, 1.165) is 28.1 Å². The minimum atomic E-state index is -4.32. The second kappa shape index (κ2) is 20.6. The average molecular weight is 930 g/mol. The summed E-state index contributed by atoms with van der Waals surface area (Å²) in [5.74, 6) is -0.00682. The summed E-state index contributed by atoms with van der Waals surface area (Å²) in [5, 5.41) is 8.63. The highest BCUT2D eigenvalue weighted by atomic mass is 32.7. The largest absolute Gasteiger partial charge is 0.497 e. The average Bonchev–Trinajstić information content (AvgIpc) is 3.89. The Labute approximate surface area is 376 Å². The van der Waals surface area contributed by atoms with Gasteiger partial charge in [0.2, 0.25) is 0 Å². The lowest BCUT2D eigenvalue weighted by molar-refractivity contribution is -0.150. The molecule has 0 radical (unpaired) electrons. The summed E-state index contributed by atoms with van der Waals surface area (Å²) in [5.41, 5.74) is -1.00. The molecule has 20 heteroatoms. The quantitative estimate of drug-likeness (QED) is 0.0486. The first-order valence-electron chi connectivity index (χ1n) is 20.7. The van der Waals surface area contributed by atoms with Crippen LogP contribution >= 0.6 is 18.2 Å². The maximum absolute atomic E-state index is 15.0. The fourth-order valence-electron chi connectivity index (χ4n) is 7.85. The van der Waals surface area contributed by atoms with E-state index < -0.39 is 83.5 Å². The van der Waals surface area contributed by atoms with E-state index in [2.05, 4.69) is 9.97 Å². The Balaban J connectivity index is 1.23. The molecule has 2 aliphatic rings. The first-order chi connectivity index (χ1) is 31.2. The maximum atomic E-state index is 15.0. The first-order valence-corrected chi connectivity index (χ1v) is 23.7. The third-order valence-electron chi connectivity index (χ3n) is 11.0. The van der Waals surface area contributed by atoms with Crippen LogP contribution in [-0.4, -0.2) is 75.6 Å². The lowest BCUT2D eigenvalue weighted by Gasteiger charge is -2.37. The van der Waals surface area contributed by atoms with Crippen LogP contribution in [0.3, 0.4) is 0 Å². The van der Waals surface area contributed by atoms with Crippen molar-refractivity contribution in [2.45, 2.75) is 81.7 Å². The van der Waals surface area contributed by atoms with Crippen LogP contribution in [0.4, 0.5) is 0 Å². The number of aromatic amines is 2. The van der Waals surface area contributed by atoms with Crippen molar-refractivity contribution in [1.82, 2.24) is 19.1 Å². The molecule has 2 aliphatic heterocycles. The zero-order valence-electron chi connectivity index (χ0n) is 35.9. The minimum Gasteiger partial charge on any atom is -0.497 e. The lowest BCUT2D eigenvalue weighted by atomic mass is 9.80. The van der Waals surface area contributed by atoms with Gasteiger partial charge in [0, 0.05) is 48.5 Å². The number of nitrogens with zero attached hydrogens (tertiary/aromatic N) is 3. The zero-order valence-corrected chi connectivity index (χ0v) is 37.7. The number of rotatable bonds is 18. The molecule has 2 N–H and O–H groups in total. The summed E-state index contributed by atoms with van der Waals surface area (Å²) in [4.78, 5) is 67.4. The van der Waals surface area contributed by atoms with Gasteiger partial charge in [-0.1, -0.05) is 72.8 Å². The van der Waals surface area contributed by atoms with Crippen molar-refractivity contribution in [3.05, 3.63) is 167 Å². The molecule has 4 heterocycles. The van der Waals surface area contributed by atoms with E-state index in [1.165, 1.54) is 35.4 Å². The molecule has 0 amide bonds. The molecule has 2 aromatic heterocycles. The molecule has 18 nitrogen and oxygen atoms in total. The first kappa shape index (κ1) is 47.1. The van der Waals surface area contributed by atoms with Crippen LogP contribution < -0.4 is 27.2 Å². The van der Waals surface area contributed by atoms with Gasteiger partial charge in [0.25, 0.3) is 11.1 Å². The van der Waals surface area contributed by atoms with Gasteiger partial charge in [-0.25, -0.2) is 14.2 Å². The second-order valence-corrected chi connectivity index (χ2v) is 19.6. The van der Waals surface area contributed by atoms with Crippen LogP contribution in [0.5, 0.6) is 5.75 Å². The Morgan fingerprint density at radius 2 is 1.34 bits per heavy atom. The topological polar surface area (TPSA) is 232 Å². The molecular weight excluding hydrogens is 882 g/mol. The third-order valence-corrected chi connectivity index (χ3v) is 15.2. The Morgan fingerprint density at radius 1 is 0.800 bits per heavy atom. The van der Waals surface area contributed by atoms with Gasteiger partial charge < -0.3 is 23.7 Å². The van der Waals surface area contributed by atoms with E-state index in [1.807, 2.05) is 91.0 Å². The smallest absolute Gasteiger partial charge is 0.389 e. The van der Waals surface area contributed by atoms with Crippen LogP contribution in [0, 0.1) is 25.2 Å². The molecule has 0 aliphatic carbocycles. The van der Waals surface area contributed by atoms with Crippen LogP contribution in [0.25, 0.3) is 0 Å². The monoisotopic (exact) mass is 929 g/mol. The SMILES string of the molecule is COc1ccc(C(OC[C@H]2O[C@@H](n3cc(C)c(=O)[nH]c3=O)C[C@@H]2SP(=O)(OCCC#N)OC[C@H]2O[C@@H](n3cc(C)c(=O)[nH]c3=O)C[C@@H]2OC(C)=O)(c2ccccc2)c2ccccc2)cc1. The summed E-state index contributed by atoms with van der Waals surface area (Å²) >= 11 is 0.804. The number of carbonyl (C=O) groups is 1. The third kappa shape index (κ3) is 10.7. The number of aromatic nitrogens is 4. The Kier molecular flexibility index (Phi) is 14.9. The van der Waals surface area contributed by atoms with Crippen molar-refractivity contribution in [3.63, 3.8) is 0 Å². The Hall–Kier alpha value is -5.84. The number of hydrogen-bond donors (Lipinski definition) is 2. The van der Waals surface area contributed by atoms with Gasteiger partial charge in [-0.3, -0.25) is 42.5 Å². The summed E-state index contributed by atoms with van der Waals surface area (Å²) in [6, 6.07) is 28.6. The molecule has 0 bridgehead atoms. The van der Waals surface area contributed by atoms with Crippen molar-refractivity contribution < 1.29 is 42.1 Å². The normalized spacial score (nSPS) is 21.6. The molecular formula is C45H48N5O13PS. The second-order valence-electron chi connectivity index (χ2n) is 15.4. The number of ether oxygens (including phenoxy) is 5. The van der Waals surface area contributed by atoms with Crippen molar-refractivity contribution >= 4 is 24.1 Å². The fraction of sp³-hybridized carbons (Fsp3) is 0.378. The lowest BCUT2D eigenvalue weighted by Crippen LogP contribution is -2.37. The van der Waals surface area contributed by atoms with Gasteiger partial charge in [-0.15, -0.1) is 0 Å². The molecule has 0 saturated carbocycles. The number of esters is 1. The number of carbonyl (C=O) groups excluding carboxylic acids is 1. The molecule has 342 valence electrons. The van der Waals surface area contributed by atoms with Gasteiger partial charge in [0.05, 0.1) is 45.5 Å². The Bertz CT molecular complexity index is 2750. The van der Waals surface area contributed by atoms with Gasteiger partial charge >= 0.3 is 24.1 Å². The number of H-pyrrole nitrogens is 2. The maximum Gasteiger partial charge on any atom is 0.389 e. The number of hydrogen-bond acceptors (Lipinski definition) is 15. The predicted molar refractivity (Wildman–Crippen MR) is 238 cm³/mol. The standard InChI is InChI=1S/C45H48N5O13PS/c1-28-24-49(43(54)47-41(28)52)39-22-35(61-30(3)51)36(62-39)27-60-64(56,59-21-11-20-46)65-38-23-40(50-25-29(2)42(53)48-44(50)55)63-37(38)26-58-45(31-12-7-5-8-13-31,32-14-9-6-10-15-32)33-16-18-34(57-4)19-17-33/h5-10,12-19,24-25,35-40H,11,21-23,26-27H2,1-4H3,(H,47,52,54)(H,48,53,55)/t35-,36+,37+,38-,39+,40+,64?/m0/s1.